The number of ketones is 1. The van der Waals surface area contributed by atoms with Crippen LogP contribution in [0.3, 0.4) is 0 Å². The van der Waals surface area contributed by atoms with E-state index in [9.17, 15) is 26.4 Å². The normalized spacial score (nSPS) is 21.2. The van der Waals surface area contributed by atoms with E-state index in [0.29, 0.717) is 62.5 Å². The SMILES string of the molecule is COC1CCS(=O)(=O)c2c(C)c(/C(C)=C3\C(=O)N(C)N=C3C)cc(C)c21.COC1CCS(=O)(=O)c2c(C)c(C(=O)c3c(C)nn(C)c3C)cc(C)c21. The summed E-state index contributed by atoms with van der Waals surface area (Å²) in [5.41, 5.74) is 9.29. The third-order valence-corrected chi connectivity index (χ3v) is 14.5. The number of rotatable bonds is 5. The van der Waals surface area contributed by atoms with Crippen LogP contribution >= 0.6 is 0 Å². The molecule has 0 fully saturated rings. The Kier molecular flexibility index (Phi) is 10.6. The van der Waals surface area contributed by atoms with E-state index >= 15 is 0 Å². The summed E-state index contributed by atoms with van der Waals surface area (Å²) in [5, 5.41) is 9.82. The number of likely N-dealkylation sites (N-methyl/N-ethyl adjacent to an activating group) is 1. The highest BCUT2D eigenvalue weighted by molar-refractivity contribution is 7.91. The van der Waals surface area contributed by atoms with Crippen molar-refractivity contribution in [1.82, 2.24) is 14.8 Å². The van der Waals surface area contributed by atoms with Crippen molar-refractivity contribution < 1.29 is 35.9 Å². The van der Waals surface area contributed by atoms with Gasteiger partial charge in [0.05, 0.1) is 56.0 Å². The molecule has 1 aromatic heterocycles. The molecule has 0 bridgehead atoms. The molecule has 3 aliphatic heterocycles. The summed E-state index contributed by atoms with van der Waals surface area (Å²) in [5.74, 6) is -0.264. The van der Waals surface area contributed by atoms with Crippen LogP contribution in [0.1, 0.15) is 105 Å². The average Bonchev–Trinajstić information content (AvgIpc) is 3.48. The molecule has 4 heterocycles. The first-order valence-corrected chi connectivity index (χ1v) is 20.4. The van der Waals surface area contributed by atoms with Crippen LogP contribution in [0.2, 0.25) is 0 Å². The molecule has 280 valence electrons. The second-order valence-electron chi connectivity index (χ2n) is 13.9. The van der Waals surface area contributed by atoms with Gasteiger partial charge in [0.2, 0.25) is 0 Å². The van der Waals surface area contributed by atoms with E-state index in [4.69, 9.17) is 9.47 Å². The Morgan fingerprint density at radius 2 is 1.25 bits per heavy atom. The minimum absolute atomic E-state index is 0.0291. The van der Waals surface area contributed by atoms with Crippen LogP contribution in [0.15, 0.2) is 32.6 Å². The number of aromatic nitrogens is 2. The van der Waals surface area contributed by atoms with Crippen molar-refractivity contribution in [3.63, 3.8) is 0 Å². The minimum atomic E-state index is -3.44. The van der Waals surface area contributed by atoms with Crippen molar-refractivity contribution >= 4 is 42.6 Å². The lowest BCUT2D eigenvalue weighted by Gasteiger charge is -2.29. The number of nitrogens with zero attached hydrogens (tertiary/aromatic N) is 4. The number of carbonyl (C=O) groups is 2. The number of amides is 1. The lowest BCUT2D eigenvalue weighted by atomic mass is 9.89. The van der Waals surface area contributed by atoms with Gasteiger partial charge in [-0.05, 0) is 108 Å². The maximum absolute atomic E-state index is 13.2. The summed E-state index contributed by atoms with van der Waals surface area (Å²) in [6, 6.07) is 3.75. The van der Waals surface area contributed by atoms with E-state index in [-0.39, 0.29) is 40.3 Å². The standard InChI is InChI=1S/2C19H24N2O4S/c1-10-9-14(18(22)17-12(3)20-21(5)13(17)4)11(2)19-16(10)15(25-6)7-8-26(19,23)24;1-10-9-14(11(2)17-13(4)20-21(5)19(17)22)12(3)18-16(10)15(25-6)7-8-26(18,23)24/h2*9,15H,7-8H2,1-6H3/b;17-11-. The fourth-order valence-corrected chi connectivity index (χ4v) is 11.8. The molecule has 12 nitrogen and oxygen atoms in total. The Labute approximate surface area is 306 Å². The predicted molar refractivity (Wildman–Crippen MR) is 199 cm³/mol. The Balaban J connectivity index is 0.000000201. The summed E-state index contributed by atoms with van der Waals surface area (Å²) >= 11 is 0. The first kappa shape index (κ1) is 39.2. The summed E-state index contributed by atoms with van der Waals surface area (Å²) in [4.78, 5) is 26.3. The van der Waals surface area contributed by atoms with E-state index < -0.39 is 19.7 Å². The van der Waals surface area contributed by atoms with Gasteiger partial charge in [-0.15, -0.1) is 0 Å². The van der Waals surface area contributed by atoms with E-state index in [1.54, 1.807) is 59.8 Å². The fourth-order valence-electron chi connectivity index (χ4n) is 7.97. The monoisotopic (exact) mass is 752 g/mol. The van der Waals surface area contributed by atoms with Gasteiger partial charge in [0.15, 0.2) is 25.5 Å². The zero-order valence-electron chi connectivity index (χ0n) is 32.0. The third kappa shape index (κ3) is 6.48. The molecule has 0 saturated carbocycles. The Morgan fingerprint density at radius 1 is 0.788 bits per heavy atom. The number of ether oxygens (including phenoxy) is 2. The highest BCUT2D eigenvalue weighted by Crippen LogP contribution is 2.42. The van der Waals surface area contributed by atoms with Crippen LogP contribution in [0.5, 0.6) is 0 Å². The predicted octanol–water partition coefficient (Wildman–Crippen LogP) is 5.54. The van der Waals surface area contributed by atoms with Gasteiger partial charge in [-0.1, -0.05) is 6.07 Å². The summed E-state index contributed by atoms with van der Waals surface area (Å²) in [6.45, 7) is 14.5. The quantitative estimate of drug-likeness (QED) is 0.242. The van der Waals surface area contributed by atoms with E-state index in [0.717, 1.165) is 33.5 Å². The minimum Gasteiger partial charge on any atom is -0.377 e. The number of fused-ring (bicyclic) bond motifs is 2. The topological polar surface area (TPSA) is 154 Å². The fraction of sp³-hybridized carbons (Fsp3) is 0.474. The number of hydrazone groups is 1. The van der Waals surface area contributed by atoms with Gasteiger partial charge in [-0.25, -0.2) is 21.8 Å². The van der Waals surface area contributed by atoms with E-state index in [1.165, 1.54) is 5.01 Å². The summed E-state index contributed by atoms with van der Waals surface area (Å²) < 4.78 is 63.9. The zero-order chi connectivity index (χ0) is 38.8. The molecule has 2 atom stereocenters. The number of sulfone groups is 2. The lowest BCUT2D eigenvalue weighted by molar-refractivity contribution is -0.124. The van der Waals surface area contributed by atoms with Gasteiger partial charge in [-0.3, -0.25) is 14.3 Å². The van der Waals surface area contributed by atoms with Gasteiger partial charge in [0, 0.05) is 50.7 Å². The van der Waals surface area contributed by atoms with Gasteiger partial charge >= 0.3 is 0 Å². The van der Waals surface area contributed by atoms with Crippen molar-refractivity contribution in [2.45, 2.75) is 90.2 Å². The molecule has 2 aromatic carbocycles. The van der Waals surface area contributed by atoms with Gasteiger partial charge in [0.1, 0.15) is 0 Å². The van der Waals surface area contributed by atoms with Crippen LogP contribution < -0.4 is 0 Å². The molecule has 14 heteroatoms. The largest absolute Gasteiger partial charge is 0.377 e. The molecule has 2 unspecified atom stereocenters. The Bertz CT molecular complexity index is 2320. The van der Waals surface area contributed by atoms with Crippen molar-refractivity contribution in [1.29, 1.82) is 0 Å². The third-order valence-electron chi connectivity index (χ3n) is 10.6. The van der Waals surface area contributed by atoms with E-state index in [1.807, 2.05) is 40.7 Å². The Morgan fingerprint density at radius 3 is 1.65 bits per heavy atom. The molecule has 3 aromatic rings. The van der Waals surface area contributed by atoms with Crippen molar-refractivity contribution in [3.8, 4) is 0 Å². The first-order valence-electron chi connectivity index (χ1n) is 17.1. The van der Waals surface area contributed by atoms with E-state index in [2.05, 4.69) is 10.2 Å². The maximum atomic E-state index is 13.2. The van der Waals surface area contributed by atoms with Gasteiger partial charge < -0.3 is 9.47 Å². The van der Waals surface area contributed by atoms with Gasteiger partial charge in [0.25, 0.3) is 5.91 Å². The summed E-state index contributed by atoms with van der Waals surface area (Å²) in [7, 11) is -0.231. The molecular weight excluding hydrogens is 705 g/mol. The van der Waals surface area contributed by atoms with Gasteiger partial charge in [-0.2, -0.15) is 10.2 Å². The number of hydrogen-bond acceptors (Lipinski definition) is 10. The van der Waals surface area contributed by atoms with Crippen molar-refractivity contribution in [2.75, 3.05) is 32.8 Å². The molecule has 0 aliphatic carbocycles. The number of allylic oxidation sites excluding steroid dienone is 1. The lowest BCUT2D eigenvalue weighted by Crippen LogP contribution is -2.25. The molecule has 6 rings (SSSR count). The highest BCUT2D eigenvalue weighted by Gasteiger charge is 2.37. The maximum Gasteiger partial charge on any atom is 0.275 e. The van der Waals surface area contributed by atoms with Crippen LogP contribution in [0, 0.1) is 41.5 Å². The smallest absolute Gasteiger partial charge is 0.275 e. The zero-order valence-corrected chi connectivity index (χ0v) is 33.6. The van der Waals surface area contributed by atoms with Crippen LogP contribution in [-0.4, -0.2) is 81.8 Å². The number of hydrogen-bond donors (Lipinski definition) is 0. The average molecular weight is 753 g/mol. The second-order valence-corrected chi connectivity index (χ2v) is 18.0. The van der Waals surface area contributed by atoms with Crippen LogP contribution in [0.4, 0.5) is 0 Å². The number of aryl methyl sites for hydroxylation is 4. The summed E-state index contributed by atoms with van der Waals surface area (Å²) in [6.07, 6.45) is 0.399. The Hall–Kier alpha value is -3.98. The van der Waals surface area contributed by atoms with Crippen molar-refractivity contribution in [2.24, 2.45) is 12.1 Å². The van der Waals surface area contributed by atoms with Crippen LogP contribution in [-0.2, 0) is 41.0 Å². The van der Waals surface area contributed by atoms with Crippen LogP contribution in [0.25, 0.3) is 5.57 Å². The molecule has 52 heavy (non-hydrogen) atoms. The first-order chi connectivity index (χ1) is 24.2. The molecule has 3 aliphatic rings. The number of methoxy groups -OCH3 is 2. The molecule has 0 N–H and O–H groups in total. The molecule has 0 spiro atoms. The number of carbonyl (C=O) groups excluding carboxylic acids is 2. The van der Waals surface area contributed by atoms with Crippen molar-refractivity contribution in [3.05, 3.63) is 79.2 Å². The number of benzene rings is 2. The molecule has 0 saturated heterocycles. The highest BCUT2D eigenvalue weighted by atomic mass is 32.2. The molecular formula is C38H48N4O8S2. The molecule has 1 amide bonds. The molecule has 0 radical (unpaired) electrons. The second kappa shape index (κ2) is 14.1.